The summed E-state index contributed by atoms with van der Waals surface area (Å²) in [5, 5.41) is 4.14. The monoisotopic (exact) mass is 295 g/mol. The Hall–Kier alpha value is -0.800. The van der Waals surface area contributed by atoms with Gasteiger partial charge in [0.05, 0.1) is 10.7 Å². The Labute approximate surface area is 127 Å². The summed E-state index contributed by atoms with van der Waals surface area (Å²) in [6.45, 7) is 8.46. The van der Waals surface area contributed by atoms with Gasteiger partial charge in [0, 0.05) is 18.6 Å². The normalized spacial score (nSPS) is 22.5. The van der Waals surface area contributed by atoms with Crippen molar-refractivity contribution >= 4 is 17.4 Å². The van der Waals surface area contributed by atoms with Crippen LogP contribution < -0.4 is 10.2 Å². The number of nitrogens with zero attached hydrogens (tertiary/aromatic N) is 2. The molecule has 1 aromatic rings. The highest BCUT2D eigenvalue weighted by atomic mass is 35.5. The van der Waals surface area contributed by atoms with Crippen LogP contribution in [0.4, 0.5) is 5.82 Å². The van der Waals surface area contributed by atoms with Crippen LogP contribution in [-0.2, 0) is 6.54 Å². The maximum Gasteiger partial charge on any atom is 0.129 e. The van der Waals surface area contributed by atoms with E-state index in [1.54, 1.807) is 0 Å². The predicted octanol–water partition coefficient (Wildman–Crippen LogP) is 4.00. The highest BCUT2D eigenvalue weighted by Crippen LogP contribution is 2.31. The maximum atomic E-state index is 6.27. The fourth-order valence-corrected chi connectivity index (χ4v) is 3.18. The van der Waals surface area contributed by atoms with Gasteiger partial charge in [0.15, 0.2) is 0 Å². The van der Waals surface area contributed by atoms with E-state index >= 15 is 0 Å². The van der Waals surface area contributed by atoms with Crippen LogP contribution in [-0.4, -0.2) is 23.6 Å². The highest BCUT2D eigenvalue weighted by Gasteiger charge is 2.30. The zero-order valence-corrected chi connectivity index (χ0v) is 13.6. The fourth-order valence-electron chi connectivity index (χ4n) is 3.01. The summed E-state index contributed by atoms with van der Waals surface area (Å²) in [6, 6.07) is 5.25. The first-order valence-corrected chi connectivity index (χ1v) is 8.19. The van der Waals surface area contributed by atoms with Gasteiger partial charge in [-0.3, -0.25) is 0 Å². The van der Waals surface area contributed by atoms with Crippen LogP contribution in [0.1, 0.15) is 52.1 Å². The molecule has 2 atom stereocenters. The van der Waals surface area contributed by atoms with Crippen molar-refractivity contribution in [2.75, 3.05) is 11.4 Å². The van der Waals surface area contributed by atoms with E-state index in [-0.39, 0.29) is 0 Å². The molecule has 0 amide bonds. The summed E-state index contributed by atoms with van der Waals surface area (Å²) in [6.07, 6.45) is 4.83. The number of hydrogen-bond donors (Lipinski definition) is 1. The lowest BCUT2D eigenvalue weighted by Crippen LogP contribution is -2.35. The Morgan fingerprint density at radius 3 is 2.85 bits per heavy atom. The van der Waals surface area contributed by atoms with Crippen molar-refractivity contribution in [1.82, 2.24) is 10.3 Å². The second-order valence-electron chi connectivity index (χ2n) is 5.67. The van der Waals surface area contributed by atoms with E-state index in [0.29, 0.717) is 12.1 Å². The summed E-state index contributed by atoms with van der Waals surface area (Å²) in [4.78, 5) is 7.28. The van der Waals surface area contributed by atoms with E-state index in [2.05, 4.69) is 37.1 Å². The molecule has 4 heteroatoms. The van der Waals surface area contributed by atoms with Crippen LogP contribution in [0.25, 0.3) is 0 Å². The average molecular weight is 296 g/mol. The fraction of sp³-hybridized carbons (Fsp3) is 0.688. The molecule has 0 spiro atoms. The largest absolute Gasteiger partial charge is 0.351 e. The first kappa shape index (κ1) is 15.6. The van der Waals surface area contributed by atoms with Gasteiger partial charge in [-0.1, -0.05) is 25.4 Å². The third-order valence-electron chi connectivity index (χ3n) is 4.14. The smallest absolute Gasteiger partial charge is 0.129 e. The molecule has 3 nitrogen and oxygen atoms in total. The number of aromatic nitrogens is 1. The maximum absolute atomic E-state index is 6.27. The van der Waals surface area contributed by atoms with Gasteiger partial charge in [-0.05, 0) is 51.3 Å². The van der Waals surface area contributed by atoms with Gasteiger partial charge in [0.2, 0.25) is 0 Å². The second-order valence-corrected chi connectivity index (χ2v) is 6.08. The molecule has 2 unspecified atom stereocenters. The van der Waals surface area contributed by atoms with Gasteiger partial charge >= 0.3 is 0 Å². The zero-order valence-electron chi connectivity index (χ0n) is 12.8. The lowest BCUT2D eigenvalue weighted by Gasteiger charge is -2.29. The second kappa shape index (κ2) is 7.28. The van der Waals surface area contributed by atoms with Crippen molar-refractivity contribution in [1.29, 1.82) is 0 Å². The molecule has 0 saturated carbocycles. The lowest BCUT2D eigenvalue weighted by molar-refractivity contribution is 0.616. The predicted molar refractivity (Wildman–Crippen MR) is 86.5 cm³/mol. The van der Waals surface area contributed by atoms with Crippen LogP contribution in [0.3, 0.4) is 0 Å². The molecule has 1 aromatic heterocycles. The topological polar surface area (TPSA) is 28.2 Å². The molecule has 0 aliphatic carbocycles. The number of halogens is 1. The summed E-state index contributed by atoms with van der Waals surface area (Å²) in [5.41, 5.74) is 0.964. The summed E-state index contributed by atoms with van der Waals surface area (Å²) in [5.74, 6) is 1.08. The SMILES string of the molecule is CCCNCc1nc(N2C(C)CCC2CC)ccc1Cl. The molecule has 0 bridgehead atoms. The Balaban J connectivity index is 2.17. The van der Waals surface area contributed by atoms with Gasteiger partial charge < -0.3 is 10.2 Å². The van der Waals surface area contributed by atoms with Gasteiger partial charge in [-0.15, -0.1) is 0 Å². The molecule has 20 heavy (non-hydrogen) atoms. The zero-order chi connectivity index (χ0) is 14.5. The number of hydrogen-bond acceptors (Lipinski definition) is 3. The molecule has 1 aliphatic heterocycles. The van der Waals surface area contributed by atoms with Crippen molar-refractivity contribution in [2.24, 2.45) is 0 Å². The number of anilines is 1. The molecule has 1 fully saturated rings. The Morgan fingerprint density at radius 1 is 1.35 bits per heavy atom. The molecule has 2 rings (SSSR count). The van der Waals surface area contributed by atoms with Gasteiger partial charge in [0.25, 0.3) is 0 Å². The molecule has 2 heterocycles. The highest BCUT2D eigenvalue weighted by molar-refractivity contribution is 6.31. The number of rotatable bonds is 6. The van der Waals surface area contributed by atoms with Crippen molar-refractivity contribution in [3.63, 3.8) is 0 Å². The number of nitrogens with one attached hydrogen (secondary N) is 1. The van der Waals surface area contributed by atoms with Crippen molar-refractivity contribution in [3.05, 3.63) is 22.8 Å². The van der Waals surface area contributed by atoms with E-state index in [0.717, 1.165) is 36.0 Å². The average Bonchev–Trinajstić information content (AvgIpc) is 2.82. The Morgan fingerprint density at radius 2 is 2.15 bits per heavy atom. The van der Waals surface area contributed by atoms with E-state index in [1.807, 2.05) is 6.07 Å². The lowest BCUT2D eigenvalue weighted by atomic mass is 10.1. The molecule has 112 valence electrons. The standard InChI is InChI=1S/C16H26ClN3/c1-4-10-18-11-15-14(17)8-9-16(19-15)20-12(3)6-7-13(20)5-2/h8-9,12-13,18H,4-7,10-11H2,1-3H3. The van der Waals surface area contributed by atoms with Gasteiger partial charge in [-0.2, -0.15) is 0 Å². The van der Waals surface area contributed by atoms with Crippen molar-refractivity contribution in [2.45, 2.75) is 65.1 Å². The van der Waals surface area contributed by atoms with Crippen LogP contribution in [0, 0.1) is 0 Å². The van der Waals surface area contributed by atoms with Crippen LogP contribution in [0.15, 0.2) is 12.1 Å². The minimum Gasteiger partial charge on any atom is -0.351 e. The summed E-state index contributed by atoms with van der Waals surface area (Å²) >= 11 is 6.27. The van der Waals surface area contributed by atoms with E-state index < -0.39 is 0 Å². The van der Waals surface area contributed by atoms with E-state index in [1.165, 1.54) is 19.3 Å². The minimum atomic E-state index is 0.574. The Bertz CT molecular complexity index is 436. The first-order chi connectivity index (χ1) is 9.67. The third-order valence-corrected chi connectivity index (χ3v) is 4.49. The van der Waals surface area contributed by atoms with E-state index in [9.17, 15) is 0 Å². The molecule has 1 saturated heterocycles. The summed E-state index contributed by atoms with van der Waals surface area (Å²) < 4.78 is 0. The molecule has 1 aliphatic rings. The quantitative estimate of drug-likeness (QED) is 0.804. The van der Waals surface area contributed by atoms with Crippen LogP contribution in [0.2, 0.25) is 5.02 Å². The molecule has 0 aromatic carbocycles. The van der Waals surface area contributed by atoms with E-state index in [4.69, 9.17) is 16.6 Å². The first-order valence-electron chi connectivity index (χ1n) is 7.81. The van der Waals surface area contributed by atoms with Gasteiger partial charge in [-0.25, -0.2) is 4.98 Å². The molecular formula is C16H26ClN3. The van der Waals surface area contributed by atoms with Crippen LogP contribution >= 0.6 is 11.6 Å². The Kier molecular flexibility index (Phi) is 5.67. The van der Waals surface area contributed by atoms with Crippen LogP contribution in [0.5, 0.6) is 0 Å². The molecule has 1 N–H and O–H groups in total. The van der Waals surface area contributed by atoms with Crippen molar-refractivity contribution in [3.8, 4) is 0 Å². The summed E-state index contributed by atoms with van der Waals surface area (Å²) in [7, 11) is 0. The van der Waals surface area contributed by atoms with Gasteiger partial charge in [0.1, 0.15) is 5.82 Å². The minimum absolute atomic E-state index is 0.574. The third kappa shape index (κ3) is 3.44. The molecule has 0 radical (unpaired) electrons. The molecular weight excluding hydrogens is 270 g/mol. The number of pyridine rings is 1. The van der Waals surface area contributed by atoms with Crippen molar-refractivity contribution < 1.29 is 0 Å².